The van der Waals surface area contributed by atoms with Crippen molar-refractivity contribution in [2.75, 3.05) is 13.1 Å². The molecule has 0 atom stereocenters. The van der Waals surface area contributed by atoms with Crippen molar-refractivity contribution in [2.24, 2.45) is 5.92 Å². The number of hydrogen-bond donors (Lipinski definition) is 1. The molecular weight excluding hydrogens is 365 g/mol. The Bertz CT molecular complexity index is 669. The lowest BCUT2D eigenvalue weighted by atomic mass is 9.99. The number of hydrogen-bond acceptors (Lipinski definition) is 3. The van der Waals surface area contributed by atoms with Crippen LogP contribution in [0.1, 0.15) is 18.4 Å². The molecular formula is C13H15BrFNO4S. The van der Waals surface area contributed by atoms with Gasteiger partial charge in [-0.3, -0.25) is 4.79 Å². The van der Waals surface area contributed by atoms with E-state index in [1.165, 1.54) is 23.4 Å². The topological polar surface area (TPSA) is 74.7 Å². The molecule has 0 amide bonds. The van der Waals surface area contributed by atoms with E-state index in [0.717, 1.165) is 0 Å². The molecule has 0 radical (unpaired) electrons. The summed E-state index contributed by atoms with van der Waals surface area (Å²) in [5.74, 6) is -1.92. The molecule has 1 aromatic carbocycles. The summed E-state index contributed by atoms with van der Waals surface area (Å²) in [5, 5.41) is 8.94. The van der Waals surface area contributed by atoms with Gasteiger partial charge in [-0.05, 0) is 53.4 Å². The van der Waals surface area contributed by atoms with Crippen LogP contribution in [-0.4, -0.2) is 36.9 Å². The van der Waals surface area contributed by atoms with Crippen LogP contribution in [0.5, 0.6) is 0 Å². The molecule has 0 unspecified atom stereocenters. The van der Waals surface area contributed by atoms with Crippen LogP contribution in [0.4, 0.5) is 4.39 Å². The molecule has 1 heterocycles. The molecule has 1 aliphatic rings. The standard InChI is InChI=1S/C13H15BrFNO4S/c1-8-6-11(15)10(14)7-12(8)21(19,20)16-4-2-9(3-5-16)13(17)18/h6-7,9H,2-5H2,1H3,(H,17,18). The minimum Gasteiger partial charge on any atom is -0.481 e. The highest BCUT2D eigenvalue weighted by molar-refractivity contribution is 9.10. The van der Waals surface area contributed by atoms with Gasteiger partial charge in [-0.25, -0.2) is 12.8 Å². The van der Waals surface area contributed by atoms with Crippen molar-refractivity contribution >= 4 is 31.9 Å². The second-order valence-corrected chi connectivity index (χ2v) is 7.81. The lowest BCUT2D eigenvalue weighted by Crippen LogP contribution is -2.40. The Kier molecular flexibility index (Phi) is 4.69. The van der Waals surface area contributed by atoms with Crippen LogP contribution in [0.25, 0.3) is 0 Å². The number of halogens is 2. The molecule has 1 aromatic rings. The van der Waals surface area contributed by atoms with Gasteiger partial charge in [-0.1, -0.05) is 0 Å². The van der Waals surface area contributed by atoms with Crippen molar-refractivity contribution in [3.63, 3.8) is 0 Å². The lowest BCUT2D eigenvalue weighted by molar-refractivity contribution is -0.142. The van der Waals surface area contributed by atoms with Crippen molar-refractivity contribution < 1.29 is 22.7 Å². The van der Waals surface area contributed by atoms with Crippen LogP contribution >= 0.6 is 15.9 Å². The SMILES string of the molecule is Cc1cc(F)c(Br)cc1S(=O)(=O)N1CCC(C(=O)O)CC1. The number of sulfonamides is 1. The first kappa shape index (κ1) is 16.4. The molecule has 116 valence electrons. The summed E-state index contributed by atoms with van der Waals surface area (Å²) in [6, 6.07) is 2.42. The Morgan fingerprint density at radius 3 is 2.48 bits per heavy atom. The predicted molar refractivity (Wildman–Crippen MR) is 78.0 cm³/mol. The second-order valence-electron chi connectivity index (χ2n) is 5.05. The first-order valence-corrected chi connectivity index (χ1v) is 8.65. The molecule has 0 spiro atoms. The van der Waals surface area contributed by atoms with Gasteiger partial charge in [0.15, 0.2) is 0 Å². The highest BCUT2D eigenvalue weighted by atomic mass is 79.9. The number of rotatable bonds is 3. The van der Waals surface area contributed by atoms with Gasteiger partial charge in [0.05, 0.1) is 15.3 Å². The van der Waals surface area contributed by atoms with Gasteiger partial charge in [-0.2, -0.15) is 4.31 Å². The van der Waals surface area contributed by atoms with Gasteiger partial charge in [0.25, 0.3) is 0 Å². The van der Waals surface area contributed by atoms with Crippen LogP contribution in [0.2, 0.25) is 0 Å². The third kappa shape index (κ3) is 3.27. The Morgan fingerprint density at radius 2 is 1.95 bits per heavy atom. The molecule has 0 aliphatic carbocycles. The first-order chi connectivity index (χ1) is 9.73. The summed E-state index contributed by atoms with van der Waals surface area (Å²) in [7, 11) is -3.74. The number of nitrogens with zero attached hydrogens (tertiary/aromatic N) is 1. The summed E-state index contributed by atoms with van der Waals surface area (Å²) in [4.78, 5) is 10.9. The van der Waals surface area contributed by atoms with Crippen LogP contribution in [0, 0.1) is 18.7 Å². The molecule has 21 heavy (non-hydrogen) atoms. The van der Waals surface area contributed by atoms with Crippen LogP contribution < -0.4 is 0 Å². The maximum Gasteiger partial charge on any atom is 0.306 e. The van der Waals surface area contributed by atoms with Crippen LogP contribution in [0.3, 0.4) is 0 Å². The van der Waals surface area contributed by atoms with E-state index in [4.69, 9.17) is 5.11 Å². The number of carbonyl (C=O) groups is 1. The van der Waals surface area contributed by atoms with E-state index in [1.54, 1.807) is 0 Å². The largest absolute Gasteiger partial charge is 0.481 e. The summed E-state index contributed by atoms with van der Waals surface area (Å²) >= 11 is 2.99. The average Bonchev–Trinajstić information content (AvgIpc) is 2.42. The second kappa shape index (κ2) is 6.02. The molecule has 1 N–H and O–H groups in total. The highest BCUT2D eigenvalue weighted by Crippen LogP contribution is 2.29. The number of aliphatic carboxylic acids is 1. The van der Waals surface area contributed by atoms with E-state index >= 15 is 0 Å². The highest BCUT2D eigenvalue weighted by Gasteiger charge is 2.33. The fourth-order valence-corrected chi connectivity index (χ4v) is 4.59. The quantitative estimate of drug-likeness (QED) is 0.874. The zero-order chi connectivity index (χ0) is 15.8. The smallest absolute Gasteiger partial charge is 0.306 e. The third-order valence-electron chi connectivity index (χ3n) is 3.64. The summed E-state index contributed by atoms with van der Waals surface area (Å²) < 4.78 is 39.9. The molecule has 2 rings (SSSR count). The molecule has 0 bridgehead atoms. The van der Waals surface area contributed by atoms with Crippen LogP contribution in [-0.2, 0) is 14.8 Å². The number of piperidine rings is 1. The third-order valence-corrected chi connectivity index (χ3v) is 6.29. The molecule has 0 aromatic heterocycles. The van der Waals surface area contributed by atoms with Crippen molar-refractivity contribution in [2.45, 2.75) is 24.7 Å². The van der Waals surface area contributed by atoms with Gasteiger partial charge in [-0.15, -0.1) is 0 Å². The summed E-state index contributed by atoms with van der Waals surface area (Å²) in [6.07, 6.45) is 0.575. The number of carboxylic acids is 1. The fourth-order valence-electron chi connectivity index (χ4n) is 2.39. The Balaban J connectivity index is 2.28. The molecule has 0 saturated carbocycles. The van der Waals surface area contributed by atoms with Gasteiger partial charge in [0.2, 0.25) is 10.0 Å². The summed E-state index contributed by atoms with van der Waals surface area (Å²) in [5.41, 5.74) is 0.330. The van der Waals surface area contributed by atoms with Gasteiger partial charge in [0, 0.05) is 13.1 Å². The van der Waals surface area contributed by atoms with E-state index in [2.05, 4.69) is 15.9 Å². The molecule has 1 saturated heterocycles. The van der Waals surface area contributed by atoms with Crippen molar-refractivity contribution in [1.82, 2.24) is 4.31 Å². The van der Waals surface area contributed by atoms with Crippen molar-refractivity contribution in [3.8, 4) is 0 Å². The predicted octanol–water partition coefficient (Wildman–Crippen LogP) is 2.38. The van der Waals surface area contributed by atoms with Crippen molar-refractivity contribution in [3.05, 3.63) is 28.0 Å². The van der Waals surface area contributed by atoms with E-state index in [1.807, 2.05) is 0 Å². The Labute approximate surface area is 130 Å². The lowest BCUT2D eigenvalue weighted by Gasteiger charge is -2.29. The Morgan fingerprint density at radius 1 is 1.38 bits per heavy atom. The van der Waals surface area contributed by atoms with Gasteiger partial charge >= 0.3 is 5.97 Å². The normalized spacial score (nSPS) is 17.9. The zero-order valence-electron chi connectivity index (χ0n) is 11.3. The van der Waals surface area contributed by atoms with Crippen LogP contribution in [0.15, 0.2) is 21.5 Å². The van der Waals surface area contributed by atoms with E-state index in [-0.39, 0.29) is 35.3 Å². The molecule has 5 nitrogen and oxygen atoms in total. The Hall–Kier alpha value is -0.990. The molecule has 1 fully saturated rings. The maximum absolute atomic E-state index is 13.4. The van der Waals surface area contributed by atoms with Crippen molar-refractivity contribution in [1.29, 1.82) is 0 Å². The zero-order valence-corrected chi connectivity index (χ0v) is 13.7. The molecule has 1 aliphatic heterocycles. The number of aryl methyl sites for hydroxylation is 1. The van der Waals surface area contributed by atoms with E-state index in [9.17, 15) is 17.6 Å². The molecule has 8 heteroatoms. The van der Waals surface area contributed by atoms with E-state index in [0.29, 0.717) is 5.56 Å². The van der Waals surface area contributed by atoms with Gasteiger partial charge in [0.1, 0.15) is 5.82 Å². The van der Waals surface area contributed by atoms with Gasteiger partial charge < -0.3 is 5.11 Å². The monoisotopic (exact) mass is 379 g/mol. The number of carboxylic acid groups (broad SMARTS) is 1. The first-order valence-electron chi connectivity index (χ1n) is 6.42. The maximum atomic E-state index is 13.4. The fraction of sp³-hybridized carbons (Fsp3) is 0.462. The minimum atomic E-state index is -3.74. The summed E-state index contributed by atoms with van der Waals surface area (Å²) in [6.45, 7) is 1.86. The number of benzene rings is 1. The average molecular weight is 380 g/mol. The minimum absolute atomic E-state index is 0.0459. The van der Waals surface area contributed by atoms with E-state index < -0.39 is 27.7 Å².